The van der Waals surface area contributed by atoms with E-state index in [0.29, 0.717) is 19.4 Å². The van der Waals surface area contributed by atoms with Crippen molar-refractivity contribution in [3.63, 3.8) is 0 Å². The first-order valence-electron chi connectivity index (χ1n) is 12.5. The van der Waals surface area contributed by atoms with Crippen LogP contribution in [-0.4, -0.2) is 53.7 Å². The Bertz CT molecular complexity index is 1050. The van der Waals surface area contributed by atoms with Gasteiger partial charge < -0.3 is 20.1 Å². The number of nitrogens with one attached hydrogen (secondary N) is 1. The van der Waals surface area contributed by atoms with Crippen molar-refractivity contribution in [3.05, 3.63) is 59.7 Å². The summed E-state index contributed by atoms with van der Waals surface area (Å²) in [6, 6.07) is 16.0. The Hall–Kier alpha value is -3.35. The highest BCUT2D eigenvalue weighted by atomic mass is 16.5. The number of carboxylic acids is 1. The third-order valence-electron chi connectivity index (χ3n) is 7.60. The van der Waals surface area contributed by atoms with Gasteiger partial charge in [-0.25, -0.2) is 4.79 Å². The number of benzene rings is 2. The van der Waals surface area contributed by atoms with Crippen LogP contribution in [0.3, 0.4) is 0 Å². The molecule has 0 aliphatic heterocycles. The highest BCUT2D eigenvalue weighted by Gasteiger charge is 2.45. The van der Waals surface area contributed by atoms with Crippen LogP contribution in [0.15, 0.2) is 48.5 Å². The zero-order valence-electron chi connectivity index (χ0n) is 20.5. The summed E-state index contributed by atoms with van der Waals surface area (Å²) in [6.45, 7) is 4.54. The number of nitrogens with zero attached hydrogens (tertiary/aromatic N) is 1. The summed E-state index contributed by atoms with van der Waals surface area (Å²) in [5.41, 5.74) is 3.85. The molecule has 0 bridgehead atoms. The van der Waals surface area contributed by atoms with Crippen LogP contribution in [0.1, 0.15) is 63.0 Å². The van der Waals surface area contributed by atoms with Gasteiger partial charge in [-0.1, -0.05) is 61.4 Å². The monoisotopic (exact) mass is 478 g/mol. The topological polar surface area (TPSA) is 95.9 Å². The number of carbonyl (C=O) groups excluding carboxylic acids is 2. The molecule has 1 fully saturated rings. The molecule has 1 saturated carbocycles. The van der Waals surface area contributed by atoms with Crippen molar-refractivity contribution in [2.24, 2.45) is 5.41 Å². The van der Waals surface area contributed by atoms with Gasteiger partial charge in [0.25, 0.3) is 0 Å². The van der Waals surface area contributed by atoms with E-state index in [2.05, 4.69) is 29.6 Å². The van der Waals surface area contributed by atoms with E-state index >= 15 is 0 Å². The van der Waals surface area contributed by atoms with E-state index in [4.69, 9.17) is 9.84 Å². The number of ether oxygens (including phenoxy) is 1. The number of amides is 2. The standard InChI is InChI=1S/C28H34N2O5/c1-3-30(17-15-25(31)32)26(33)28(2)16-9-8-14-24(28)29-27(34)35-18-23-21-12-6-4-10-19(21)20-11-5-7-13-22(20)23/h4-7,10-13,23-24H,3,8-9,14-18H2,1-2H3,(H,29,34)(H,31,32). The van der Waals surface area contributed by atoms with Crippen LogP contribution in [0.25, 0.3) is 11.1 Å². The molecule has 2 N–H and O–H groups in total. The van der Waals surface area contributed by atoms with E-state index in [1.165, 1.54) is 11.1 Å². The van der Waals surface area contributed by atoms with Crippen molar-refractivity contribution < 1.29 is 24.2 Å². The minimum absolute atomic E-state index is 0.0286. The third-order valence-corrected chi connectivity index (χ3v) is 7.60. The first-order chi connectivity index (χ1) is 16.8. The molecule has 2 aromatic carbocycles. The maximum atomic E-state index is 13.4. The quantitative estimate of drug-likeness (QED) is 0.568. The molecule has 2 aromatic rings. The number of carbonyl (C=O) groups is 3. The van der Waals surface area contributed by atoms with Gasteiger partial charge in [0.1, 0.15) is 6.61 Å². The Morgan fingerprint density at radius 1 is 1.06 bits per heavy atom. The maximum absolute atomic E-state index is 13.4. The van der Waals surface area contributed by atoms with E-state index < -0.39 is 17.5 Å². The minimum atomic E-state index is -0.932. The average Bonchev–Trinajstić information content (AvgIpc) is 3.18. The normalized spacial score (nSPS) is 21.0. The molecular weight excluding hydrogens is 444 g/mol. The first-order valence-corrected chi connectivity index (χ1v) is 12.5. The van der Waals surface area contributed by atoms with Crippen molar-refractivity contribution in [2.45, 2.75) is 57.9 Å². The van der Waals surface area contributed by atoms with Crippen molar-refractivity contribution in [1.29, 1.82) is 0 Å². The molecule has 2 aliphatic rings. The SMILES string of the molecule is CCN(CCC(=O)O)C(=O)C1(C)CCCCC1NC(=O)OCC1c2ccccc2-c2ccccc21. The van der Waals surface area contributed by atoms with E-state index in [0.717, 1.165) is 24.0 Å². The number of aliphatic carboxylic acids is 1. The van der Waals surface area contributed by atoms with Crippen LogP contribution in [0, 0.1) is 5.41 Å². The molecule has 0 spiro atoms. The molecule has 0 aromatic heterocycles. The highest BCUT2D eigenvalue weighted by Crippen LogP contribution is 2.44. The molecule has 7 heteroatoms. The Kier molecular flexibility index (Phi) is 7.43. The molecule has 2 aliphatic carbocycles. The van der Waals surface area contributed by atoms with Gasteiger partial charge in [-0.15, -0.1) is 0 Å². The van der Waals surface area contributed by atoms with Crippen molar-refractivity contribution in [1.82, 2.24) is 10.2 Å². The van der Waals surface area contributed by atoms with E-state index in [-0.39, 0.29) is 37.4 Å². The summed E-state index contributed by atoms with van der Waals surface area (Å²) in [6.07, 6.45) is 2.51. The smallest absolute Gasteiger partial charge is 0.407 e. The zero-order valence-corrected chi connectivity index (χ0v) is 20.5. The first kappa shape index (κ1) is 24.8. The summed E-state index contributed by atoms with van der Waals surface area (Å²) in [5.74, 6) is -1.07. The Labute approximate surface area is 206 Å². The Morgan fingerprint density at radius 3 is 2.29 bits per heavy atom. The lowest BCUT2D eigenvalue weighted by Crippen LogP contribution is -2.56. The van der Waals surface area contributed by atoms with Gasteiger partial charge in [0.05, 0.1) is 11.8 Å². The summed E-state index contributed by atoms with van der Waals surface area (Å²) in [4.78, 5) is 39.0. The lowest BCUT2D eigenvalue weighted by Gasteiger charge is -2.43. The van der Waals surface area contributed by atoms with Gasteiger partial charge in [0.15, 0.2) is 0 Å². The van der Waals surface area contributed by atoms with Crippen molar-refractivity contribution in [3.8, 4) is 11.1 Å². The lowest BCUT2D eigenvalue weighted by molar-refractivity contribution is -0.145. The number of hydrogen-bond acceptors (Lipinski definition) is 4. The fourth-order valence-corrected chi connectivity index (χ4v) is 5.60. The number of rotatable bonds is 8. The molecule has 7 nitrogen and oxygen atoms in total. The van der Waals surface area contributed by atoms with E-state index in [1.807, 2.05) is 38.1 Å². The number of carboxylic acid groups (broad SMARTS) is 1. The van der Waals surface area contributed by atoms with Gasteiger partial charge >= 0.3 is 12.1 Å². The molecule has 2 unspecified atom stereocenters. The van der Waals surface area contributed by atoms with Crippen LogP contribution in [0.5, 0.6) is 0 Å². The summed E-state index contributed by atoms with van der Waals surface area (Å²) in [5, 5.41) is 12.0. The van der Waals surface area contributed by atoms with Crippen molar-refractivity contribution in [2.75, 3.05) is 19.7 Å². The molecule has 0 saturated heterocycles. The van der Waals surface area contributed by atoms with Gasteiger partial charge in [-0.2, -0.15) is 0 Å². The summed E-state index contributed by atoms with van der Waals surface area (Å²) in [7, 11) is 0. The summed E-state index contributed by atoms with van der Waals surface area (Å²) >= 11 is 0. The van der Waals surface area contributed by atoms with Gasteiger partial charge in [0, 0.05) is 25.0 Å². The largest absolute Gasteiger partial charge is 0.481 e. The highest BCUT2D eigenvalue weighted by molar-refractivity contribution is 5.85. The molecule has 4 rings (SSSR count). The molecule has 0 radical (unpaired) electrons. The molecule has 2 atom stereocenters. The van der Waals surface area contributed by atoms with Crippen LogP contribution >= 0.6 is 0 Å². The third kappa shape index (κ3) is 5.04. The Balaban J connectivity index is 1.43. The number of hydrogen-bond donors (Lipinski definition) is 2. The second kappa shape index (κ2) is 10.5. The van der Waals surface area contributed by atoms with Gasteiger partial charge in [0.2, 0.25) is 5.91 Å². The van der Waals surface area contributed by atoms with E-state index in [1.54, 1.807) is 4.90 Å². The molecule has 0 heterocycles. The predicted octanol–water partition coefficient (Wildman–Crippen LogP) is 4.80. The molecule has 2 amide bonds. The van der Waals surface area contributed by atoms with Gasteiger partial charge in [-0.05, 0) is 48.9 Å². The lowest BCUT2D eigenvalue weighted by atomic mass is 9.70. The van der Waals surface area contributed by atoms with Crippen LogP contribution < -0.4 is 5.32 Å². The van der Waals surface area contributed by atoms with Crippen LogP contribution in [0.4, 0.5) is 4.79 Å². The van der Waals surface area contributed by atoms with E-state index in [9.17, 15) is 14.4 Å². The number of alkyl carbamates (subject to hydrolysis) is 1. The second-order valence-electron chi connectivity index (χ2n) is 9.71. The Morgan fingerprint density at radius 2 is 1.69 bits per heavy atom. The van der Waals surface area contributed by atoms with Crippen LogP contribution in [-0.2, 0) is 14.3 Å². The predicted molar refractivity (Wildman–Crippen MR) is 133 cm³/mol. The fourth-order valence-electron chi connectivity index (χ4n) is 5.60. The molecule has 35 heavy (non-hydrogen) atoms. The second-order valence-corrected chi connectivity index (χ2v) is 9.71. The van der Waals surface area contributed by atoms with Gasteiger partial charge in [-0.3, -0.25) is 9.59 Å². The minimum Gasteiger partial charge on any atom is -0.481 e. The summed E-state index contributed by atoms with van der Waals surface area (Å²) < 4.78 is 5.73. The molecule has 186 valence electrons. The fraction of sp³-hybridized carbons (Fsp3) is 0.464. The number of fused-ring (bicyclic) bond motifs is 3. The average molecular weight is 479 g/mol. The molecular formula is C28H34N2O5. The maximum Gasteiger partial charge on any atom is 0.407 e. The van der Waals surface area contributed by atoms with Crippen LogP contribution in [0.2, 0.25) is 0 Å². The zero-order chi connectivity index (χ0) is 25.0. The van der Waals surface area contributed by atoms with Crippen molar-refractivity contribution >= 4 is 18.0 Å².